The molecule has 1 N–H and O–H groups in total. The molecule has 0 bridgehead atoms. The van der Waals surface area contributed by atoms with Crippen LogP contribution in [0.2, 0.25) is 0 Å². The van der Waals surface area contributed by atoms with Crippen LogP contribution in [-0.4, -0.2) is 59.9 Å². The Morgan fingerprint density at radius 1 is 1.11 bits per heavy atom. The molecule has 200 valence electrons. The predicted octanol–water partition coefficient (Wildman–Crippen LogP) is 3.27. The summed E-state index contributed by atoms with van der Waals surface area (Å²) in [4.78, 5) is 31.8. The van der Waals surface area contributed by atoms with E-state index in [1.165, 1.54) is 6.07 Å². The molecule has 1 aromatic carbocycles. The molecule has 0 spiro atoms. The van der Waals surface area contributed by atoms with Gasteiger partial charge in [0.05, 0.1) is 34.6 Å². The van der Waals surface area contributed by atoms with E-state index in [9.17, 15) is 32.0 Å². The normalized spacial score (nSPS) is 25.5. The molecule has 1 unspecified atom stereocenters. The fourth-order valence-electron chi connectivity index (χ4n) is 5.45. The van der Waals surface area contributed by atoms with Crippen molar-refractivity contribution in [3.63, 3.8) is 0 Å². The summed E-state index contributed by atoms with van der Waals surface area (Å²) in [6, 6.07) is 12.1. The lowest BCUT2D eigenvalue weighted by molar-refractivity contribution is -0.141. The lowest BCUT2D eigenvalue weighted by Crippen LogP contribution is -2.45. The second-order valence-electron chi connectivity index (χ2n) is 10.6. The average molecular weight is 543 g/mol. The molecule has 1 saturated heterocycles. The quantitative estimate of drug-likeness (QED) is 0.598. The number of carbonyl (C=O) groups excluding carboxylic acids is 2. The Hall–Kier alpha value is -3.39. The smallest absolute Gasteiger partial charge is 0.267 e. The van der Waals surface area contributed by atoms with E-state index in [-0.39, 0.29) is 24.3 Å². The molecular formula is C27H28F2N4O4S. The number of halogens is 2. The summed E-state index contributed by atoms with van der Waals surface area (Å²) in [6.45, 7) is 0.937. The van der Waals surface area contributed by atoms with Crippen LogP contribution >= 0.6 is 0 Å². The number of nitrogens with one attached hydrogen (secondary N) is 1. The topological polar surface area (TPSA) is 120 Å². The number of nitrogens with zero attached hydrogens (tertiary/aromatic N) is 3. The number of carbonyl (C=O) groups is 2. The summed E-state index contributed by atoms with van der Waals surface area (Å²) in [7, 11) is -3.97. The summed E-state index contributed by atoms with van der Waals surface area (Å²) in [5.41, 5.74) is 1.26. The van der Waals surface area contributed by atoms with Gasteiger partial charge in [-0.2, -0.15) is 5.26 Å². The molecule has 1 aliphatic heterocycles. The second kappa shape index (κ2) is 9.42. The van der Waals surface area contributed by atoms with Gasteiger partial charge in [-0.3, -0.25) is 14.6 Å². The van der Waals surface area contributed by atoms with E-state index in [1.54, 1.807) is 30.5 Å². The number of likely N-dealkylation sites (tertiary alicyclic amines) is 1. The molecule has 1 aromatic heterocycles. The third-order valence-electron chi connectivity index (χ3n) is 7.81. The van der Waals surface area contributed by atoms with Crippen molar-refractivity contribution in [2.24, 2.45) is 11.8 Å². The molecule has 0 radical (unpaired) electrons. The van der Waals surface area contributed by atoms with Crippen LogP contribution in [-0.2, 0) is 19.4 Å². The molecule has 3 atom stereocenters. The van der Waals surface area contributed by atoms with Gasteiger partial charge in [-0.15, -0.1) is 0 Å². The Morgan fingerprint density at radius 3 is 2.45 bits per heavy atom. The number of hydrogen-bond acceptors (Lipinski definition) is 6. The number of pyridine rings is 1. The van der Waals surface area contributed by atoms with Crippen molar-refractivity contribution in [1.82, 2.24) is 15.2 Å². The Morgan fingerprint density at radius 2 is 1.82 bits per heavy atom. The van der Waals surface area contributed by atoms with Gasteiger partial charge in [-0.05, 0) is 68.0 Å². The van der Waals surface area contributed by atoms with E-state index in [0.717, 1.165) is 16.2 Å². The van der Waals surface area contributed by atoms with Crippen LogP contribution in [0.5, 0.6) is 0 Å². The highest BCUT2D eigenvalue weighted by atomic mass is 32.2. The lowest BCUT2D eigenvalue weighted by Gasteiger charge is -2.24. The standard InChI is InChI=1S/C27H28F2N4O4S/c1-17-11-19(5-9-31-17)18-3-2-4-20(12-18)38(36,37)21-13-22(24(34)32-26(15-30)6-7-26)23(14-21)25(35)33-10-8-27(28,29)16-33/h2-5,9,11-12,21-23H,6-8,10,13-14,16H2,1H3,(H,32,34)/t21-,22-,23?/m1/s1. The molecule has 5 rings (SSSR count). The first-order valence-electron chi connectivity index (χ1n) is 12.6. The van der Waals surface area contributed by atoms with Crippen LogP contribution in [0.4, 0.5) is 8.78 Å². The molecule has 3 aliphatic rings. The molecule has 11 heteroatoms. The molecule has 2 saturated carbocycles. The number of nitriles is 1. The Balaban J connectivity index is 1.43. The lowest BCUT2D eigenvalue weighted by atomic mass is 9.93. The zero-order chi connectivity index (χ0) is 27.3. The van der Waals surface area contributed by atoms with E-state index in [1.807, 2.05) is 13.0 Å². The summed E-state index contributed by atoms with van der Waals surface area (Å²) in [5, 5.41) is 11.0. The predicted molar refractivity (Wildman–Crippen MR) is 133 cm³/mol. The first-order chi connectivity index (χ1) is 17.9. The second-order valence-corrected chi connectivity index (χ2v) is 12.8. The Labute approximate surface area is 220 Å². The third-order valence-corrected chi connectivity index (χ3v) is 9.99. The molecule has 8 nitrogen and oxygen atoms in total. The summed E-state index contributed by atoms with van der Waals surface area (Å²) < 4.78 is 55.2. The van der Waals surface area contributed by atoms with E-state index in [4.69, 9.17) is 0 Å². The Bertz CT molecular complexity index is 1430. The van der Waals surface area contributed by atoms with Gasteiger partial charge in [-0.1, -0.05) is 12.1 Å². The highest BCUT2D eigenvalue weighted by molar-refractivity contribution is 7.92. The largest absolute Gasteiger partial charge is 0.338 e. The summed E-state index contributed by atoms with van der Waals surface area (Å²) in [5.74, 6) is -6.32. The van der Waals surface area contributed by atoms with Crippen LogP contribution < -0.4 is 5.32 Å². The number of amides is 2. The number of rotatable bonds is 6. The van der Waals surface area contributed by atoms with E-state index in [0.29, 0.717) is 18.4 Å². The number of benzene rings is 1. The first-order valence-corrected chi connectivity index (χ1v) is 14.1. The van der Waals surface area contributed by atoms with Gasteiger partial charge in [0, 0.05) is 24.9 Å². The number of sulfone groups is 1. The molecular weight excluding hydrogens is 514 g/mol. The number of aromatic nitrogens is 1. The van der Waals surface area contributed by atoms with Gasteiger partial charge >= 0.3 is 0 Å². The zero-order valence-corrected chi connectivity index (χ0v) is 21.7. The minimum atomic E-state index is -3.97. The van der Waals surface area contributed by atoms with Crippen LogP contribution in [0, 0.1) is 30.1 Å². The minimum Gasteiger partial charge on any atom is -0.338 e. The van der Waals surface area contributed by atoms with Crippen molar-refractivity contribution in [2.75, 3.05) is 13.1 Å². The maximum atomic E-state index is 13.9. The van der Waals surface area contributed by atoms with E-state index >= 15 is 0 Å². The van der Waals surface area contributed by atoms with Crippen LogP contribution in [0.1, 0.15) is 37.8 Å². The Kier molecular flexibility index (Phi) is 6.50. The van der Waals surface area contributed by atoms with Crippen molar-refractivity contribution in [3.05, 3.63) is 48.3 Å². The molecule has 2 aromatic rings. The van der Waals surface area contributed by atoms with Gasteiger partial charge in [0.1, 0.15) is 5.54 Å². The van der Waals surface area contributed by atoms with Gasteiger partial charge < -0.3 is 10.2 Å². The molecule has 3 fully saturated rings. The maximum absolute atomic E-state index is 13.9. The fourth-order valence-corrected chi connectivity index (χ4v) is 7.32. The highest BCUT2D eigenvalue weighted by Gasteiger charge is 2.53. The summed E-state index contributed by atoms with van der Waals surface area (Å²) in [6.07, 6.45) is 1.83. The van der Waals surface area contributed by atoms with Gasteiger partial charge in [0.2, 0.25) is 11.8 Å². The van der Waals surface area contributed by atoms with E-state index in [2.05, 4.69) is 16.4 Å². The monoisotopic (exact) mass is 542 g/mol. The van der Waals surface area contributed by atoms with Crippen molar-refractivity contribution in [3.8, 4) is 17.2 Å². The number of alkyl halides is 2. The van der Waals surface area contributed by atoms with Crippen LogP contribution in [0.25, 0.3) is 11.1 Å². The van der Waals surface area contributed by atoms with Crippen molar-refractivity contribution in [2.45, 2.75) is 60.6 Å². The number of hydrogen-bond donors (Lipinski definition) is 1. The van der Waals surface area contributed by atoms with Gasteiger partial charge in [-0.25, -0.2) is 17.2 Å². The minimum absolute atomic E-state index is 0.0603. The molecule has 2 heterocycles. The van der Waals surface area contributed by atoms with Gasteiger partial charge in [0.15, 0.2) is 9.84 Å². The molecule has 2 amide bonds. The fraction of sp³-hybridized carbons (Fsp3) is 0.481. The van der Waals surface area contributed by atoms with Crippen molar-refractivity contribution in [1.29, 1.82) is 5.26 Å². The van der Waals surface area contributed by atoms with E-state index < -0.39 is 63.2 Å². The number of aryl methyl sites for hydroxylation is 1. The SMILES string of the molecule is Cc1cc(-c2cccc(S(=O)(=O)[C@H]3CC(C(=O)N4CCC(F)(F)C4)[C@H](C(=O)NC4(C#N)CC4)C3)c2)ccn1. The average Bonchev–Trinajstić information content (AvgIpc) is 3.33. The first kappa shape index (κ1) is 26.2. The highest BCUT2D eigenvalue weighted by Crippen LogP contribution is 2.43. The summed E-state index contributed by atoms with van der Waals surface area (Å²) >= 11 is 0. The molecule has 2 aliphatic carbocycles. The molecule has 38 heavy (non-hydrogen) atoms. The third kappa shape index (κ3) is 5.01. The van der Waals surface area contributed by atoms with Crippen LogP contribution in [0.15, 0.2) is 47.5 Å². The van der Waals surface area contributed by atoms with Gasteiger partial charge in [0.25, 0.3) is 5.92 Å². The van der Waals surface area contributed by atoms with Crippen molar-refractivity contribution < 1.29 is 26.8 Å². The van der Waals surface area contributed by atoms with Crippen LogP contribution in [0.3, 0.4) is 0 Å². The maximum Gasteiger partial charge on any atom is 0.267 e. The van der Waals surface area contributed by atoms with Crippen molar-refractivity contribution >= 4 is 21.7 Å². The zero-order valence-electron chi connectivity index (χ0n) is 20.9.